The lowest BCUT2D eigenvalue weighted by molar-refractivity contribution is 0.0751. The monoisotopic (exact) mass is 339 g/mol. The highest BCUT2D eigenvalue weighted by Crippen LogP contribution is 2.24. The molecule has 0 aliphatic carbocycles. The number of benzene rings is 1. The molecule has 1 amide bonds. The number of nitrogens with zero attached hydrogens (tertiary/aromatic N) is 1. The van der Waals surface area contributed by atoms with Gasteiger partial charge in [-0.15, -0.1) is 11.3 Å². The molecule has 0 atom stereocenters. The van der Waals surface area contributed by atoms with Gasteiger partial charge in [0.25, 0.3) is 5.91 Å². The summed E-state index contributed by atoms with van der Waals surface area (Å²) in [7, 11) is 0. The van der Waals surface area contributed by atoms with Crippen LogP contribution in [0.4, 0.5) is 0 Å². The molecule has 0 unspecified atom stereocenters. The van der Waals surface area contributed by atoms with Gasteiger partial charge in [-0.3, -0.25) is 4.79 Å². The lowest BCUT2D eigenvalue weighted by Crippen LogP contribution is -2.30. The van der Waals surface area contributed by atoms with E-state index < -0.39 is 0 Å². The first-order valence-electron chi connectivity index (χ1n) is 5.92. The van der Waals surface area contributed by atoms with Crippen molar-refractivity contribution in [3.63, 3.8) is 0 Å². The number of halogens is 1. The summed E-state index contributed by atoms with van der Waals surface area (Å²) < 4.78 is 0.779. The van der Waals surface area contributed by atoms with Crippen LogP contribution in [0.15, 0.2) is 40.2 Å². The van der Waals surface area contributed by atoms with E-state index in [9.17, 15) is 9.90 Å². The topological polar surface area (TPSA) is 40.5 Å². The van der Waals surface area contributed by atoms with Crippen molar-refractivity contribution in [3.05, 3.63) is 50.6 Å². The normalized spacial score (nSPS) is 10.4. The van der Waals surface area contributed by atoms with Crippen molar-refractivity contribution in [1.29, 1.82) is 0 Å². The fraction of sp³-hybridized carbons (Fsp3) is 0.214. The molecule has 2 rings (SSSR count). The van der Waals surface area contributed by atoms with Gasteiger partial charge in [0.15, 0.2) is 0 Å². The van der Waals surface area contributed by atoms with Gasteiger partial charge in [0, 0.05) is 15.9 Å². The molecule has 0 aliphatic rings. The van der Waals surface area contributed by atoms with Crippen LogP contribution in [0.3, 0.4) is 0 Å². The Hall–Kier alpha value is -1.33. The van der Waals surface area contributed by atoms with Crippen LogP contribution in [-0.4, -0.2) is 22.5 Å². The Labute approximate surface area is 124 Å². The molecule has 0 spiro atoms. The van der Waals surface area contributed by atoms with Crippen LogP contribution in [-0.2, 0) is 6.54 Å². The average molecular weight is 340 g/mol. The molecular formula is C14H14BrNO2S. The summed E-state index contributed by atoms with van der Waals surface area (Å²) in [6, 6.07) is 8.85. The van der Waals surface area contributed by atoms with Crippen LogP contribution >= 0.6 is 27.3 Å². The zero-order valence-electron chi connectivity index (χ0n) is 10.5. The number of amides is 1. The first-order chi connectivity index (χ1) is 9.11. The first kappa shape index (κ1) is 14.1. The van der Waals surface area contributed by atoms with Crippen LogP contribution in [0.5, 0.6) is 5.75 Å². The summed E-state index contributed by atoms with van der Waals surface area (Å²) in [5.74, 6) is -0.146. The number of carbonyl (C=O) groups is 1. The molecule has 0 saturated heterocycles. The van der Waals surface area contributed by atoms with Crippen molar-refractivity contribution in [2.75, 3.05) is 6.54 Å². The molecule has 100 valence electrons. The number of carbonyl (C=O) groups excluding carboxylic acids is 1. The summed E-state index contributed by atoms with van der Waals surface area (Å²) in [5, 5.41) is 11.8. The van der Waals surface area contributed by atoms with Crippen molar-refractivity contribution >= 4 is 33.2 Å². The van der Waals surface area contributed by atoms with Gasteiger partial charge in [-0.2, -0.15) is 0 Å². The Morgan fingerprint density at radius 1 is 1.42 bits per heavy atom. The third-order valence-electron chi connectivity index (χ3n) is 2.78. The van der Waals surface area contributed by atoms with Gasteiger partial charge in [-0.1, -0.05) is 22.0 Å². The molecule has 0 saturated carbocycles. The molecule has 5 heteroatoms. The smallest absolute Gasteiger partial charge is 0.257 e. The second-order valence-electron chi connectivity index (χ2n) is 4.06. The predicted octanol–water partition coefficient (Wildman–Crippen LogP) is 3.88. The van der Waals surface area contributed by atoms with E-state index in [-0.39, 0.29) is 11.7 Å². The number of rotatable bonds is 4. The molecule has 1 heterocycles. The van der Waals surface area contributed by atoms with Gasteiger partial charge < -0.3 is 10.0 Å². The molecule has 1 aromatic heterocycles. The van der Waals surface area contributed by atoms with Crippen molar-refractivity contribution < 1.29 is 9.90 Å². The minimum atomic E-state index is -0.158. The SMILES string of the molecule is CCN(Cc1cccs1)C(=O)c1cc(Br)ccc1O. The maximum Gasteiger partial charge on any atom is 0.257 e. The molecule has 0 radical (unpaired) electrons. The average Bonchev–Trinajstić information content (AvgIpc) is 2.91. The van der Waals surface area contributed by atoms with Crippen molar-refractivity contribution in [1.82, 2.24) is 4.90 Å². The van der Waals surface area contributed by atoms with Gasteiger partial charge in [-0.25, -0.2) is 0 Å². The van der Waals surface area contributed by atoms with Gasteiger partial charge in [0.1, 0.15) is 5.75 Å². The quantitative estimate of drug-likeness (QED) is 0.918. The number of hydrogen-bond donors (Lipinski definition) is 1. The Morgan fingerprint density at radius 3 is 2.84 bits per heavy atom. The lowest BCUT2D eigenvalue weighted by Gasteiger charge is -2.20. The Bertz CT molecular complexity index is 569. The highest BCUT2D eigenvalue weighted by molar-refractivity contribution is 9.10. The maximum absolute atomic E-state index is 12.4. The van der Waals surface area contributed by atoms with Crippen molar-refractivity contribution in [3.8, 4) is 5.75 Å². The van der Waals surface area contributed by atoms with Crippen LogP contribution in [0.1, 0.15) is 22.2 Å². The third kappa shape index (κ3) is 3.36. The standard InChI is InChI=1S/C14H14BrNO2S/c1-2-16(9-11-4-3-7-19-11)14(18)12-8-10(15)5-6-13(12)17/h3-8,17H,2,9H2,1H3. The zero-order chi connectivity index (χ0) is 13.8. The van der Waals surface area contributed by atoms with Crippen molar-refractivity contribution in [2.45, 2.75) is 13.5 Å². The number of hydrogen-bond acceptors (Lipinski definition) is 3. The molecule has 0 fully saturated rings. The Kier molecular flexibility index (Phi) is 4.61. The minimum absolute atomic E-state index is 0.0119. The molecule has 1 aromatic carbocycles. The van der Waals surface area contributed by atoms with Crippen molar-refractivity contribution in [2.24, 2.45) is 0 Å². The van der Waals surface area contributed by atoms with Gasteiger partial charge in [0.05, 0.1) is 12.1 Å². The highest BCUT2D eigenvalue weighted by atomic mass is 79.9. The number of thiophene rings is 1. The largest absolute Gasteiger partial charge is 0.507 e. The van der Waals surface area contributed by atoms with E-state index in [2.05, 4.69) is 15.9 Å². The Morgan fingerprint density at radius 2 is 2.21 bits per heavy atom. The van der Waals surface area contributed by atoms with Gasteiger partial charge in [-0.05, 0) is 36.6 Å². The summed E-state index contributed by atoms with van der Waals surface area (Å²) in [5.41, 5.74) is 0.327. The summed E-state index contributed by atoms with van der Waals surface area (Å²) >= 11 is 4.94. The molecular weight excluding hydrogens is 326 g/mol. The van der Waals surface area contributed by atoms with E-state index in [0.29, 0.717) is 18.7 Å². The van der Waals surface area contributed by atoms with Crippen LogP contribution < -0.4 is 0 Å². The summed E-state index contributed by atoms with van der Waals surface area (Å²) in [4.78, 5) is 15.3. The number of phenols is 1. The predicted molar refractivity (Wildman–Crippen MR) is 80.5 cm³/mol. The third-order valence-corrected chi connectivity index (χ3v) is 4.14. The summed E-state index contributed by atoms with van der Waals surface area (Å²) in [6.45, 7) is 3.10. The van der Waals surface area contributed by atoms with E-state index in [1.165, 1.54) is 6.07 Å². The summed E-state index contributed by atoms with van der Waals surface area (Å²) in [6.07, 6.45) is 0. The van der Waals surface area contributed by atoms with Gasteiger partial charge in [0.2, 0.25) is 0 Å². The second-order valence-corrected chi connectivity index (χ2v) is 6.01. The fourth-order valence-corrected chi connectivity index (χ4v) is 2.85. The van der Waals surface area contributed by atoms with E-state index in [1.807, 2.05) is 24.4 Å². The van der Waals surface area contributed by atoms with Crippen LogP contribution in [0, 0.1) is 0 Å². The lowest BCUT2D eigenvalue weighted by atomic mass is 10.1. The first-order valence-corrected chi connectivity index (χ1v) is 7.59. The number of aromatic hydroxyl groups is 1. The van der Waals surface area contributed by atoms with Gasteiger partial charge >= 0.3 is 0 Å². The molecule has 1 N–H and O–H groups in total. The zero-order valence-corrected chi connectivity index (χ0v) is 12.9. The fourth-order valence-electron chi connectivity index (χ4n) is 1.77. The number of phenolic OH excluding ortho intramolecular Hbond substituents is 1. The molecule has 3 nitrogen and oxygen atoms in total. The van der Waals surface area contributed by atoms with Crippen LogP contribution in [0.2, 0.25) is 0 Å². The van der Waals surface area contributed by atoms with E-state index >= 15 is 0 Å². The Balaban J connectivity index is 2.23. The highest BCUT2D eigenvalue weighted by Gasteiger charge is 2.18. The molecule has 19 heavy (non-hydrogen) atoms. The minimum Gasteiger partial charge on any atom is -0.507 e. The second kappa shape index (κ2) is 6.21. The molecule has 0 aliphatic heterocycles. The molecule has 2 aromatic rings. The van der Waals surface area contributed by atoms with E-state index in [0.717, 1.165) is 9.35 Å². The molecule has 0 bridgehead atoms. The van der Waals surface area contributed by atoms with Crippen LogP contribution in [0.25, 0.3) is 0 Å². The van der Waals surface area contributed by atoms with E-state index in [4.69, 9.17) is 0 Å². The maximum atomic E-state index is 12.4. The van der Waals surface area contributed by atoms with E-state index in [1.54, 1.807) is 28.4 Å².